The summed E-state index contributed by atoms with van der Waals surface area (Å²) in [5.74, 6) is 1.48. The Morgan fingerprint density at radius 2 is 1.64 bits per heavy atom. The van der Waals surface area contributed by atoms with Crippen molar-refractivity contribution in [2.45, 2.75) is 76.3 Å². The topological polar surface area (TPSA) is 95.1 Å². The van der Waals surface area contributed by atoms with Crippen LogP contribution in [-0.4, -0.2) is 25.4 Å². The molecule has 0 saturated heterocycles. The predicted octanol–water partition coefficient (Wildman–Crippen LogP) is 7.87. The van der Waals surface area contributed by atoms with Crippen molar-refractivity contribution < 1.29 is 9.53 Å². The van der Waals surface area contributed by atoms with Gasteiger partial charge in [0.25, 0.3) is 0 Å². The summed E-state index contributed by atoms with van der Waals surface area (Å²) >= 11 is 1.81. The van der Waals surface area contributed by atoms with Crippen molar-refractivity contribution in [1.82, 2.24) is 19.9 Å². The van der Waals surface area contributed by atoms with Crippen molar-refractivity contribution in [3.63, 3.8) is 0 Å². The highest BCUT2D eigenvalue weighted by Gasteiger charge is 2.17. The predicted molar refractivity (Wildman–Crippen MR) is 173 cm³/mol. The van der Waals surface area contributed by atoms with Gasteiger partial charge in [0.2, 0.25) is 0 Å². The summed E-state index contributed by atoms with van der Waals surface area (Å²) in [5, 5.41) is 3.91. The normalized spacial score (nSPS) is 11.7. The molecular weight excluding hydrogens is 542 g/mol. The van der Waals surface area contributed by atoms with E-state index in [0.29, 0.717) is 18.9 Å². The minimum Gasteiger partial charge on any atom is -0.445 e. The lowest BCUT2D eigenvalue weighted by molar-refractivity contribution is 0.139. The highest BCUT2D eigenvalue weighted by Crippen LogP contribution is 2.32. The Hall–Kier alpha value is -4.04. The number of benzene rings is 3. The van der Waals surface area contributed by atoms with Crippen molar-refractivity contribution in [2.75, 3.05) is 5.73 Å². The van der Waals surface area contributed by atoms with E-state index in [1.807, 2.05) is 54.2 Å². The Morgan fingerprint density at radius 1 is 0.952 bits per heavy atom. The van der Waals surface area contributed by atoms with Crippen LogP contribution in [0.1, 0.15) is 63.1 Å². The molecule has 1 amide bonds. The molecule has 0 bridgehead atoms. The molecule has 3 N–H and O–H groups in total. The number of unbranched alkanes of at least 4 members (excludes halogenated alkanes) is 1. The lowest BCUT2D eigenvalue weighted by atomic mass is 10.1. The summed E-state index contributed by atoms with van der Waals surface area (Å²) in [6, 6.07) is 24.5. The number of carbonyl (C=O) groups excluding carboxylic acids is 1. The van der Waals surface area contributed by atoms with Gasteiger partial charge in [0.15, 0.2) is 5.82 Å². The molecule has 0 aliphatic heterocycles. The number of fused-ring (bicyclic) bond motifs is 3. The number of para-hydroxylation sites is 1. The van der Waals surface area contributed by atoms with Crippen LogP contribution in [0.5, 0.6) is 0 Å². The summed E-state index contributed by atoms with van der Waals surface area (Å²) in [4.78, 5) is 23.1. The maximum absolute atomic E-state index is 12.3. The van der Waals surface area contributed by atoms with Crippen molar-refractivity contribution in [3.05, 3.63) is 95.3 Å². The van der Waals surface area contributed by atoms with E-state index in [4.69, 9.17) is 15.5 Å². The Kier molecular flexibility index (Phi) is 9.02. The minimum absolute atomic E-state index is 0.155. The lowest BCUT2D eigenvalue weighted by Gasteiger charge is -2.17. The van der Waals surface area contributed by atoms with Gasteiger partial charge in [-0.05, 0) is 41.3 Å². The van der Waals surface area contributed by atoms with E-state index in [-0.39, 0.29) is 11.4 Å². The van der Waals surface area contributed by atoms with Crippen LogP contribution >= 0.6 is 11.8 Å². The molecule has 5 aromatic rings. The number of imidazole rings is 1. The number of alkyl carbamates (subject to hydrolysis) is 1. The molecule has 2 heterocycles. The standard InChI is InChI=1S/C34H39N5O2S/c1-5-6-11-29-38-30-31(27-9-7-8-10-28(27)37-32(30)35)39(29)21-24-14-12-23(13-15-24)20-36-33(40)41-22-25-16-18-26(19-17-25)42-34(2,3)4/h7-10,12-19H,5-6,11,20-22H2,1-4H3,(H2,35,37)(H,36,40). The third-order valence-corrected chi connectivity index (χ3v) is 8.08. The largest absolute Gasteiger partial charge is 0.445 e. The number of nitrogens with zero attached hydrogens (tertiary/aromatic N) is 3. The zero-order chi connectivity index (χ0) is 29.7. The maximum Gasteiger partial charge on any atom is 0.407 e. The average Bonchev–Trinajstić information content (AvgIpc) is 3.33. The van der Waals surface area contributed by atoms with E-state index in [2.05, 4.69) is 72.9 Å². The van der Waals surface area contributed by atoms with Gasteiger partial charge < -0.3 is 20.4 Å². The monoisotopic (exact) mass is 581 g/mol. The molecule has 0 unspecified atom stereocenters. The molecule has 0 fully saturated rings. The number of hydrogen-bond donors (Lipinski definition) is 2. The van der Waals surface area contributed by atoms with Gasteiger partial charge in [0.1, 0.15) is 17.9 Å². The SMILES string of the molecule is CCCCc1nc2c(N)nc3ccccc3c2n1Cc1ccc(CNC(=O)OCc2ccc(SC(C)(C)C)cc2)cc1. The highest BCUT2D eigenvalue weighted by molar-refractivity contribution is 8.00. The third kappa shape index (κ3) is 7.23. The number of ether oxygens (including phenoxy) is 1. The Morgan fingerprint density at radius 3 is 2.36 bits per heavy atom. The number of hydrogen-bond acceptors (Lipinski definition) is 6. The van der Waals surface area contributed by atoms with E-state index in [0.717, 1.165) is 63.7 Å². The molecule has 8 heteroatoms. The number of aromatic nitrogens is 3. The third-order valence-electron chi connectivity index (χ3n) is 6.96. The Labute approximate surface area is 251 Å². The summed E-state index contributed by atoms with van der Waals surface area (Å²) < 4.78 is 7.87. The first-order chi connectivity index (χ1) is 20.2. The molecule has 0 spiro atoms. The van der Waals surface area contributed by atoms with Crippen LogP contribution in [0.2, 0.25) is 0 Å². The second-order valence-electron chi connectivity index (χ2n) is 11.5. The molecule has 7 nitrogen and oxygen atoms in total. The number of rotatable bonds is 10. The van der Waals surface area contributed by atoms with E-state index in [1.165, 1.54) is 4.90 Å². The Balaban J connectivity index is 1.22. The number of carbonyl (C=O) groups is 1. The average molecular weight is 582 g/mol. The number of pyridine rings is 1. The smallest absolute Gasteiger partial charge is 0.407 e. The first-order valence-electron chi connectivity index (χ1n) is 14.5. The fourth-order valence-corrected chi connectivity index (χ4v) is 5.91. The lowest BCUT2D eigenvalue weighted by Crippen LogP contribution is -2.23. The van der Waals surface area contributed by atoms with Gasteiger partial charge in [-0.1, -0.05) is 88.7 Å². The first-order valence-corrected chi connectivity index (χ1v) is 15.3. The molecule has 0 saturated carbocycles. The van der Waals surface area contributed by atoms with Crippen LogP contribution < -0.4 is 11.1 Å². The number of nitrogen functional groups attached to an aromatic ring is 1. The first kappa shape index (κ1) is 29.5. The fourth-order valence-electron chi connectivity index (χ4n) is 4.93. The van der Waals surface area contributed by atoms with Crippen LogP contribution in [0, 0.1) is 0 Å². The summed E-state index contributed by atoms with van der Waals surface area (Å²) in [6.07, 6.45) is 2.58. The molecule has 2 aromatic heterocycles. The van der Waals surface area contributed by atoms with Crippen LogP contribution in [0.25, 0.3) is 21.9 Å². The quantitative estimate of drug-likeness (QED) is 0.163. The molecule has 218 valence electrons. The molecular formula is C34H39N5O2S. The number of amides is 1. The van der Waals surface area contributed by atoms with E-state index < -0.39 is 6.09 Å². The second kappa shape index (κ2) is 12.9. The molecule has 0 aliphatic carbocycles. The molecule has 5 rings (SSSR count). The van der Waals surface area contributed by atoms with E-state index >= 15 is 0 Å². The van der Waals surface area contributed by atoms with Gasteiger partial charge >= 0.3 is 6.09 Å². The van der Waals surface area contributed by atoms with Crippen molar-refractivity contribution >= 4 is 45.6 Å². The Bertz CT molecular complexity index is 1670. The van der Waals surface area contributed by atoms with E-state index in [1.54, 1.807) is 0 Å². The minimum atomic E-state index is -0.434. The van der Waals surface area contributed by atoms with Gasteiger partial charge in [-0.3, -0.25) is 0 Å². The molecule has 0 aliphatic rings. The van der Waals surface area contributed by atoms with Crippen molar-refractivity contribution in [3.8, 4) is 0 Å². The number of thioether (sulfide) groups is 1. The van der Waals surface area contributed by atoms with Crippen molar-refractivity contribution in [2.24, 2.45) is 0 Å². The van der Waals surface area contributed by atoms with Crippen LogP contribution in [0.15, 0.2) is 77.7 Å². The maximum atomic E-state index is 12.3. The van der Waals surface area contributed by atoms with E-state index in [9.17, 15) is 4.79 Å². The molecule has 3 aromatic carbocycles. The summed E-state index contributed by atoms with van der Waals surface area (Å²) in [7, 11) is 0. The van der Waals surface area contributed by atoms with Crippen LogP contribution in [0.3, 0.4) is 0 Å². The zero-order valence-corrected chi connectivity index (χ0v) is 25.6. The van der Waals surface area contributed by atoms with Crippen molar-refractivity contribution in [1.29, 1.82) is 0 Å². The number of nitrogens with one attached hydrogen (secondary N) is 1. The summed E-state index contributed by atoms with van der Waals surface area (Å²) in [6.45, 7) is 10.1. The number of aryl methyl sites for hydroxylation is 1. The van der Waals surface area contributed by atoms with Gasteiger partial charge in [0.05, 0.1) is 11.0 Å². The van der Waals surface area contributed by atoms with Crippen LogP contribution in [-0.2, 0) is 30.9 Å². The highest BCUT2D eigenvalue weighted by atomic mass is 32.2. The van der Waals surface area contributed by atoms with Gasteiger partial charge in [-0.2, -0.15) is 0 Å². The number of nitrogens with two attached hydrogens (primary N) is 1. The number of anilines is 1. The van der Waals surface area contributed by atoms with Gasteiger partial charge in [-0.25, -0.2) is 14.8 Å². The van der Waals surface area contributed by atoms with Gasteiger partial charge in [0, 0.05) is 34.5 Å². The summed E-state index contributed by atoms with van der Waals surface area (Å²) in [5.41, 5.74) is 12.1. The molecule has 0 atom stereocenters. The van der Waals surface area contributed by atoms with Gasteiger partial charge in [-0.15, -0.1) is 11.8 Å². The molecule has 0 radical (unpaired) electrons. The fraction of sp³-hybridized carbons (Fsp3) is 0.324. The second-order valence-corrected chi connectivity index (χ2v) is 13.4. The van der Waals surface area contributed by atoms with Crippen LogP contribution in [0.4, 0.5) is 10.6 Å². The zero-order valence-electron chi connectivity index (χ0n) is 24.8. The molecule has 42 heavy (non-hydrogen) atoms.